The van der Waals surface area contributed by atoms with Gasteiger partial charge in [0.25, 0.3) is 0 Å². The van der Waals surface area contributed by atoms with E-state index in [2.05, 4.69) is 44.6 Å². The first-order chi connectivity index (χ1) is 26.6. The van der Waals surface area contributed by atoms with Crippen molar-refractivity contribution in [3.63, 3.8) is 0 Å². The average molecular weight is 763 g/mol. The second kappa shape index (κ2) is 56.2. The fraction of sp³-hybridized carbons (Fsp3) is 0.900. The van der Waals surface area contributed by atoms with E-state index < -0.39 is 0 Å². The number of carbonyl (C=O) groups excluding carboxylic acids is 1. The number of ether oxygens (including phenoxy) is 1. The molecule has 0 heterocycles. The highest BCUT2D eigenvalue weighted by atomic mass is 16.5. The molecule has 4 nitrogen and oxygen atoms in total. The van der Waals surface area contributed by atoms with Crippen LogP contribution in [0.2, 0.25) is 0 Å². The second-order valence-electron chi connectivity index (χ2n) is 16.0. The fourth-order valence-electron chi connectivity index (χ4n) is 6.98. The summed E-state index contributed by atoms with van der Waals surface area (Å²) in [6.07, 6.45) is 52.2. The first kappa shape index (κ1) is 57.2. The van der Waals surface area contributed by atoms with E-state index in [0.717, 1.165) is 19.1 Å². The quantitative estimate of drug-likeness (QED) is 0.0481. The molecule has 0 fully saturated rings. The van der Waals surface area contributed by atoms with Crippen molar-refractivity contribution < 1.29 is 9.53 Å². The smallest absolute Gasteiger partial charge is 0.219 e. The molecule has 0 unspecified atom stereocenters. The number of carbonyl (C=O) groups is 1. The van der Waals surface area contributed by atoms with Gasteiger partial charge in [0.15, 0.2) is 0 Å². The van der Waals surface area contributed by atoms with Crippen molar-refractivity contribution in [1.82, 2.24) is 10.6 Å². The van der Waals surface area contributed by atoms with E-state index in [1.165, 1.54) is 231 Å². The summed E-state index contributed by atoms with van der Waals surface area (Å²) in [6, 6.07) is 0. The Labute approximate surface area is 342 Å². The maximum atomic E-state index is 10.1. The van der Waals surface area contributed by atoms with E-state index in [4.69, 9.17) is 4.74 Å². The lowest BCUT2D eigenvalue weighted by molar-refractivity contribution is -0.120. The van der Waals surface area contributed by atoms with Crippen LogP contribution in [0.1, 0.15) is 252 Å². The lowest BCUT2D eigenvalue weighted by Gasteiger charge is -2.17. The molecule has 0 bridgehead atoms. The average Bonchev–Trinajstić information content (AvgIpc) is 3.20. The van der Waals surface area contributed by atoms with Crippen LogP contribution in [0.5, 0.6) is 0 Å². The van der Waals surface area contributed by atoms with E-state index >= 15 is 0 Å². The molecule has 0 aliphatic rings. The van der Waals surface area contributed by atoms with E-state index in [0.29, 0.717) is 6.42 Å². The monoisotopic (exact) mass is 763 g/mol. The Kier molecular flexibility index (Phi) is 59.5. The molecular formula is C50H102N2O2. The minimum absolute atomic E-state index is 0.0926. The van der Waals surface area contributed by atoms with Gasteiger partial charge in [-0.2, -0.15) is 0 Å². The molecule has 0 aliphatic heterocycles. The first-order valence-electron chi connectivity index (χ1n) is 24.3. The Bertz CT molecular complexity index is 654. The molecule has 324 valence electrons. The van der Waals surface area contributed by atoms with Crippen molar-refractivity contribution in [3.05, 3.63) is 25.3 Å². The van der Waals surface area contributed by atoms with Gasteiger partial charge in [0, 0.05) is 26.7 Å². The Morgan fingerprint density at radius 1 is 0.463 bits per heavy atom. The van der Waals surface area contributed by atoms with Crippen molar-refractivity contribution in [2.75, 3.05) is 33.4 Å². The maximum absolute atomic E-state index is 10.1. The molecule has 0 atom stereocenters. The van der Waals surface area contributed by atoms with Gasteiger partial charge in [-0.3, -0.25) is 4.79 Å². The van der Waals surface area contributed by atoms with Gasteiger partial charge in [-0.1, -0.05) is 246 Å². The van der Waals surface area contributed by atoms with Gasteiger partial charge in [-0.25, -0.2) is 0 Å². The summed E-state index contributed by atoms with van der Waals surface area (Å²) in [5.41, 5.74) is 0. The van der Waals surface area contributed by atoms with E-state index in [1.54, 1.807) is 19.2 Å². The number of hydrogen-bond acceptors (Lipinski definition) is 3. The second-order valence-corrected chi connectivity index (χ2v) is 16.0. The standard InChI is InChI=1S/C42H87NO.C4H9NO.C4H6/c1-4-7-10-13-16-18-26-33-40-44-41-34-27-19-17-24-31-38-43-39-32-25-20-23-30-37-42(35-28-21-14-11-8-5-2)36-29-22-15-12-9-6-3;1-3-4(6)5-2;1-3-4-2/h42-43H,4-41H2,1-3H3;3H2,1-2H3,(H,5,6);3-4H,1-2H2. The highest BCUT2D eigenvalue weighted by Gasteiger charge is 2.09. The lowest BCUT2D eigenvalue weighted by Crippen LogP contribution is -2.16. The number of hydrogen-bond donors (Lipinski definition) is 2. The fourth-order valence-corrected chi connectivity index (χ4v) is 6.98. The van der Waals surface area contributed by atoms with Gasteiger partial charge in [-0.05, 0) is 44.7 Å². The first-order valence-corrected chi connectivity index (χ1v) is 24.3. The summed E-state index contributed by atoms with van der Waals surface area (Å²) in [6.45, 7) is 19.9. The van der Waals surface area contributed by atoms with Gasteiger partial charge in [0.05, 0.1) is 0 Å². The number of allylic oxidation sites excluding steroid dienone is 2. The predicted molar refractivity (Wildman–Crippen MR) is 246 cm³/mol. The van der Waals surface area contributed by atoms with Crippen LogP contribution in [-0.4, -0.2) is 39.3 Å². The Morgan fingerprint density at radius 2 is 0.759 bits per heavy atom. The van der Waals surface area contributed by atoms with Crippen molar-refractivity contribution in [1.29, 1.82) is 0 Å². The SMILES string of the molecule is C=CC=C.CCC(=O)NC.CCCCCCCCCCOCCCCCCCCNCCCCCCCC(CCCCCCCC)CCCCCCCC. The molecule has 54 heavy (non-hydrogen) atoms. The molecule has 0 spiro atoms. The molecule has 0 rings (SSSR count). The summed E-state index contributed by atoms with van der Waals surface area (Å²) in [5, 5.41) is 6.19. The summed E-state index contributed by atoms with van der Waals surface area (Å²) in [4.78, 5) is 10.1. The van der Waals surface area contributed by atoms with Crippen LogP contribution < -0.4 is 10.6 Å². The molecule has 0 radical (unpaired) electrons. The largest absolute Gasteiger partial charge is 0.381 e. The zero-order valence-corrected chi connectivity index (χ0v) is 38.0. The third-order valence-corrected chi connectivity index (χ3v) is 10.7. The van der Waals surface area contributed by atoms with Crippen LogP contribution in [0.25, 0.3) is 0 Å². The van der Waals surface area contributed by atoms with E-state index in [9.17, 15) is 4.79 Å². The zero-order valence-electron chi connectivity index (χ0n) is 38.0. The normalized spacial score (nSPS) is 10.8. The van der Waals surface area contributed by atoms with Crippen LogP contribution in [0.3, 0.4) is 0 Å². The highest BCUT2D eigenvalue weighted by molar-refractivity contribution is 5.74. The molecule has 0 saturated carbocycles. The molecule has 0 aromatic heterocycles. The van der Waals surface area contributed by atoms with Crippen LogP contribution in [0.15, 0.2) is 25.3 Å². The number of amides is 1. The van der Waals surface area contributed by atoms with Gasteiger partial charge in [0.1, 0.15) is 0 Å². The Balaban J connectivity index is -0.00000228. The minimum atomic E-state index is 0.0926. The molecule has 2 N–H and O–H groups in total. The van der Waals surface area contributed by atoms with Gasteiger partial charge >= 0.3 is 0 Å². The summed E-state index contributed by atoms with van der Waals surface area (Å²) < 4.78 is 5.85. The third kappa shape index (κ3) is 57.6. The summed E-state index contributed by atoms with van der Waals surface area (Å²) in [7, 11) is 1.63. The number of rotatable bonds is 42. The number of unbranched alkanes of at least 4 members (excludes halogenated alkanes) is 26. The highest BCUT2D eigenvalue weighted by Crippen LogP contribution is 2.24. The Morgan fingerprint density at radius 3 is 1.04 bits per heavy atom. The molecule has 0 aromatic carbocycles. The predicted octanol–water partition coefficient (Wildman–Crippen LogP) is 16.0. The zero-order chi connectivity index (χ0) is 40.3. The lowest BCUT2D eigenvalue weighted by atomic mass is 9.89. The molecule has 4 heteroatoms. The van der Waals surface area contributed by atoms with Crippen molar-refractivity contribution >= 4 is 5.91 Å². The molecule has 0 aliphatic carbocycles. The van der Waals surface area contributed by atoms with Crippen molar-refractivity contribution in [2.45, 2.75) is 252 Å². The molecule has 0 saturated heterocycles. The van der Waals surface area contributed by atoms with Gasteiger partial charge in [0.2, 0.25) is 5.91 Å². The molecule has 1 amide bonds. The van der Waals surface area contributed by atoms with Gasteiger partial charge in [-0.15, -0.1) is 0 Å². The molecule has 0 aromatic rings. The summed E-state index contributed by atoms with van der Waals surface area (Å²) in [5.74, 6) is 1.11. The maximum Gasteiger partial charge on any atom is 0.219 e. The van der Waals surface area contributed by atoms with Crippen LogP contribution in [0, 0.1) is 5.92 Å². The van der Waals surface area contributed by atoms with Crippen molar-refractivity contribution in [2.24, 2.45) is 5.92 Å². The third-order valence-electron chi connectivity index (χ3n) is 10.7. The van der Waals surface area contributed by atoms with Crippen LogP contribution in [-0.2, 0) is 9.53 Å². The molecular weight excluding hydrogens is 661 g/mol. The number of nitrogens with one attached hydrogen (secondary N) is 2. The van der Waals surface area contributed by atoms with Crippen LogP contribution in [0.4, 0.5) is 0 Å². The van der Waals surface area contributed by atoms with Gasteiger partial charge < -0.3 is 15.4 Å². The Hall–Kier alpha value is -1.13. The van der Waals surface area contributed by atoms with Crippen LogP contribution >= 0.6 is 0 Å². The van der Waals surface area contributed by atoms with E-state index in [1.807, 2.05) is 6.92 Å². The topological polar surface area (TPSA) is 50.4 Å². The van der Waals surface area contributed by atoms with E-state index in [-0.39, 0.29) is 5.91 Å². The summed E-state index contributed by atoms with van der Waals surface area (Å²) >= 11 is 0. The minimum Gasteiger partial charge on any atom is -0.381 e. The van der Waals surface area contributed by atoms with Crippen molar-refractivity contribution in [3.8, 4) is 0 Å².